The molecule has 9 aromatic rings. The summed E-state index contributed by atoms with van der Waals surface area (Å²) in [6, 6.07) is 68.7. The molecule has 0 saturated carbocycles. The summed E-state index contributed by atoms with van der Waals surface area (Å²) in [7, 11) is 2.85. The molecule has 1 aromatic heterocycles. The second-order valence-corrected chi connectivity index (χ2v) is 16.5. The van der Waals surface area contributed by atoms with E-state index in [0.717, 1.165) is 56.4 Å². The molecule has 0 atom stereocenters. The lowest BCUT2D eigenvalue weighted by Crippen LogP contribution is -2.10. The molecule has 0 spiro atoms. The second-order valence-electron chi connectivity index (χ2n) is 15.4. The molecular formula is C56H46N2O4S. The smallest absolute Gasteiger partial charge is 0.305 e. The Labute approximate surface area is 372 Å². The maximum absolute atomic E-state index is 11.7. The highest BCUT2D eigenvalue weighted by Gasteiger charge is 2.16. The number of hydrogen-bond donors (Lipinski definition) is 0. The Hall–Kier alpha value is -7.48. The molecule has 6 nitrogen and oxygen atoms in total. The molecule has 0 unspecified atom stereocenters. The number of anilines is 6. The minimum absolute atomic E-state index is 0.202. The fourth-order valence-electron chi connectivity index (χ4n) is 8.11. The molecule has 8 aromatic carbocycles. The molecule has 63 heavy (non-hydrogen) atoms. The number of carbonyl (C=O) groups is 2. The first-order valence-corrected chi connectivity index (χ1v) is 21.9. The summed E-state index contributed by atoms with van der Waals surface area (Å²) in [5, 5.41) is 2.52. The number of para-hydroxylation sites is 2. The van der Waals surface area contributed by atoms with Crippen molar-refractivity contribution in [3.63, 3.8) is 0 Å². The molecule has 0 saturated heterocycles. The van der Waals surface area contributed by atoms with Crippen LogP contribution in [0.15, 0.2) is 194 Å². The van der Waals surface area contributed by atoms with Gasteiger partial charge in [-0.15, -0.1) is 11.3 Å². The summed E-state index contributed by atoms with van der Waals surface area (Å²) < 4.78 is 12.2. The topological polar surface area (TPSA) is 59.1 Å². The average Bonchev–Trinajstić information content (AvgIpc) is 3.72. The standard InChI is InChI=1S/C56H46N2O4S/c1-61-55(59)35-17-39-13-25-47(26-14-39)57(45-9-5-3-6-10-45)49-29-19-41(20-30-49)43-23-33-51-52-34-24-44(38-54(52)63-53(51)37-43)42-21-31-50(32-22-42)58(46-11-7-4-8-12-46)48-27-15-40(16-28-48)18-36-56(60)62-2/h3-16,19-34,37-38H,17-18,35-36H2,1-2H3. The molecule has 0 fully saturated rings. The molecule has 0 aliphatic rings. The number of methoxy groups -OCH3 is 2. The number of benzene rings is 8. The van der Waals surface area contributed by atoms with Crippen LogP contribution in [0.25, 0.3) is 42.4 Å². The number of rotatable bonds is 14. The number of thiophene rings is 1. The van der Waals surface area contributed by atoms with Gasteiger partial charge in [0, 0.05) is 67.1 Å². The molecule has 0 amide bonds. The van der Waals surface area contributed by atoms with Gasteiger partial charge in [0.15, 0.2) is 0 Å². The van der Waals surface area contributed by atoms with Gasteiger partial charge in [-0.1, -0.05) is 109 Å². The first-order valence-electron chi connectivity index (χ1n) is 21.1. The predicted octanol–water partition coefficient (Wildman–Crippen LogP) is 14.5. The minimum atomic E-state index is -0.202. The first kappa shape index (κ1) is 40.9. The summed E-state index contributed by atoms with van der Waals surface area (Å²) in [5.41, 5.74) is 13.2. The number of nitrogens with zero attached hydrogens (tertiary/aromatic N) is 2. The van der Waals surface area contributed by atoms with E-state index in [4.69, 9.17) is 9.47 Å². The van der Waals surface area contributed by atoms with Crippen molar-refractivity contribution in [2.24, 2.45) is 0 Å². The van der Waals surface area contributed by atoms with E-state index in [9.17, 15) is 9.59 Å². The van der Waals surface area contributed by atoms with Crippen LogP contribution in [0.2, 0.25) is 0 Å². The quantitative estimate of drug-likeness (QED) is 0.102. The summed E-state index contributed by atoms with van der Waals surface area (Å²) in [4.78, 5) is 27.9. The highest BCUT2D eigenvalue weighted by molar-refractivity contribution is 7.25. The number of aryl methyl sites for hydroxylation is 2. The number of esters is 2. The van der Waals surface area contributed by atoms with Crippen LogP contribution in [0.4, 0.5) is 34.1 Å². The zero-order valence-electron chi connectivity index (χ0n) is 35.2. The van der Waals surface area contributed by atoms with Crippen LogP contribution < -0.4 is 9.80 Å². The van der Waals surface area contributed by atoms with Gasteiger partial charge in [0.25, 0.3) is 0 Å². The third kappa shape index (κ3) is 9.10. The Morgan fingerprint density at radius 1 is 0.397 bits per heavy atom. The van der Waals surface area contributed by atoms with Crippen molar-refractivity contribution in [2.45, 2.75) is 25.7 Å². The van der Waals surface area contributed by atoms with Gasteiger partial charge in [0.2, 0.25) is 0 Å². The van der Waals surface area contributed by atoms with Crippen LogP contribution in [-0.2, 0) is 31.9 Å². The average molecular weight is 843 g/mol. The number of hydrogen-bond acceptors (Lipinski definition) is 7. The molecule has 0 radical (unpaired) electrons. The molecular weight excluding hydrogens is 797 g/mol. The van der Waals surface area contributed by atoms with E-state index in [1.54, 1.807) is 0 Å². The molecule has 310 valence electrons. The molecule has 7 heteroatoms. The van der Waals surface area contributed by atoms with Crippen LogP contribution in [0.3, 0.4) is 0 Å². The third-order valence-electron chi connectivity index (χ3n) is 11.5. The monoisotopic (exact) mass is 842 g/mol. The van der Waals surface area contributed by atoms with Crippen LogP contribution >= 0.6 is 11.3 Å². The largest absolute Gasteiger partial charge is 0.469 e. The van der Waals surface area contributed by atoms with E-state index >= 15 is 0 Å². The highest BCUT2D eigenvalue weighted by atomic mass is 32.1. The lowest BCUT2D eigenvalue weighted by atomic mass is 10.0. The number of fused-ring (bicyclic) bond motifs is 3. The molecule has 0 aliphatic carbocycles. The van der Waals surface area contributed by atoms with E-state index in [0.29, 0.717) is 25.7 Å². The molecule has 0 N–H and O–H groups in total. The van der Waals surface area contributed by atoms with E-state index in [1.165, 1.54) is 45.5 Å². The fraction of sp³-hybridized carbons (Fsp3) is 0.107. The summed E-state index contributed by atoms with van der Waals surface area (Å²) in [6.07, 6.45) is 2.00. The number of carbonyl (C=O) groups excluding carboxylic acids is 2. The van der Waals surface area contributed by atoms with E-state index < -0.39 is 0 Å². The maximum Gasteiger partial charge on any atom is 0.305 e. The van der Waals surface area contributed by atoms with Crippen molar-refractivity contribution in [1.82, 2.24) is 0 Å². The van der Waals surface area contributed by atoms with E-state index in [2.05, 4.69) is 192 Å². The van der Waals surface area contributed by atoms with Crippen molar-refractivity contribution in [3.8, 4) is 22.3 Å². The van der Waals surface area contributed by atoms with E-state index in [-0.39, 0.29) is 11.9 Å². The maximum atomic E-state index is 11.7. The predicted molar refractivity (Wildman–Crippen MR) is 260 cm³/mol. The SMILES string of the molecule is COC(=O)CCc1ccc(N(c2ccccc2)c2ccc(-c3ccc4c(c3)sc3cc(-c5ccc(N(c6ccccc6)c6ccc(CCC(=O)OC)cc6)cc5)ccc34)cc2)cc1. The van der Waals surface area contributed by atoms with Crippen LogP contribution in [0.5, 0.6) is 0 Å². The van der Waals surface area contributed by atoms with Crippen molar-refractivity contribution < 1.29 is 19.1 Å². The Morgan fingerprint density at radius 2 is 0.714 bits per heavy atom. The molecule has 1 heterocycles. The summed E-state index contributed by atoms with van der Waals surface area (Å²) in [6.45, 7) is 0. The van der Waals surface area contributed by atoms with Gasteiger partial charge in [-0.3, -0.25) is 9.59 Å². The van der Waals surface area contributed by atoms with Crippen molar-refractivity contribution in [2.75, 3.05) is 24.0 Å². The lowest BCUT2D eigenvalue weighted by Gasteiger charge is -2.26. The Bertz CT molecular complexity index is 2780. The summed E-state index contributed by atoms with van der Waals surface area (Å²) >= 11 is 1.83. The highest BCUT2D eigenvalue weighted by Crippen LogP contribution is 2.41. The van der Waals surface area contributed by atoms with Crippen molar-refractivity contribution in [3.05, 3.63) is 205 Å². The van der Waals surface area contributed by atoms with E-state index in [1.807, 2.05) is 23.5 Å². The zero-order valence-corrected chi connectivity index (χ0v) is 36.1. The van der Waals surface area contributed by atoms with Gasteiger partial charge in [-0.05, 0) is 131 Å². The van der Waals surface area contributed by atoms with Gasteiger partial charge >= 0.3 is 11.9 Å². The second kappa shape index (κ2) is 18.6. The first-order chi connectivity index (χ1) is 30.9. The van der Waals surface area contributed by atoms with Crippen molar-refractivity contribution >= 4 is 77.6 Å². The van der Waals surface area contributed by atoms with Crippen LogP contribution in [0.1, 0.15) is 24.0 Å². The Kier molecular flexibility index (Phi) is 12.1. The number of ether oxygens (including phenoxy) is 2. The van der Waals surface area contributed by atoms with Gasteiger partial charge in [-0.2, -0.15) is 0 Å². The van der Waals surface area contributed by atoms with Gasteiger partial charge < -0.3 is 19.3 Å². The van der Waals surface area contributed by atoms with Crippen LogP contribution in [0, 0.1) is 0 Å². The third-order valence-corrected chi connectivity index (χ3v) is 12.6. The summed E-state index contributed by atoms with van der Waals surface area (Å²) in [5.74, 6) is -0.404. The van der Waals surface area contributed by atoms with Gasteiger partial charge in [-0.25, -0.2) is 0 Å². The normalized spacial score (nSPS) is 11.1. The minimum Gasteiger partial charge on any atom is -0.469 e. The Morgan fingerprint density at radius 3 is 1.06 bits per heavy atom. The fourth-order valence-corrected chi connectivity index (χ4v) is 9.30. The van der Waals surface area contributed by atoms with Gasteiger partial charge in [0.05, 0.1) is 14.2 Å². The Balaban J connectivity index is 0.950. The van der Waals surface area contributed by atoms with Crippen LogP contribution in [-0.4, -0.2) is 26.2 Å². The van der Waals surface area contributed by atoms with Gasteiger partial charge in [0.1, 0.15) is 0 Å². The zero-order chi connectivity index (χ0) is 43.1. The molecule has 0 aliphatic heterocycles. The lowest BCUT2D eigenvalue weighted by molar-refractivity contribution is -0.141. The molecule has 0 bridgehead atoms. The molecule has 9 rings (SSSR count). The van der Waals surface area contributed by atoms with Crippen molar-refractivity contribution in [1.29, 1.82) is 0 Å².